The van der Waals surface area contributed by atoms with Crippen LogP contribution in [0.1, 0.15) is 0 Å². The molecule has 1 heterocycles. The van der Waals surface area contributed by atoms with Crippen molar-refractivity contribution in [2.45, 2.75) is 0 Å². The van der Waals surface area contributed by atoms with Crippen molar-refractivity contribution in [3.63, 3.8) is 0 Å². The standard InChI is InChI=1S/C54H35NS/c1-2-12-39-33-40(24-23-36(39)11-1)37-25-29-43(30-26-37)55(44-31-27-38(28-32-44)47-20-10-21-51-50-19-7-8-22-53(50)56-54(47)51)45-15-9-14-41(34-45)52-35-42-13-3-4-16-46(42)48-17-5-6-18-49(48)52/h1-35H. The summed E-state index contributed by atoms with van der Waals surface area (Å²) in [5.41, 5.74) is 10.6. The molecule has 11 rings (SSSR count). The first-order valence-corrected chi connectivity index (χ1v) is 20.0. The summed E-state index contributed by atoms with van der Waals surface area (Å²) in [6.45, 7) is 0. The molecular formula is C54H35NS. The Hall–Kier alpha value is -7.00. The summed E-state index contributed by atoms with van der Waals surface area (Å²) < 4.78 is 2.65. The highest BCUT2D eigenvalue weighted by molar-refractivity contribution is 7.26. The fourth-order valence-corrected chi connectivity index (χ4v) is 9.73. The van der Waals surface area contributed by atoms with Crippen molar-refractivity contribution in [1.82, 2.24) is 0 Å². The van der Waals surface area contributed by atoms with Gasteiger partial charge >= 0.3 is 0 Å². The molecule has 1 aromatic heterocycles. The quantitative estimate of drug-likeness (QED) is 0.154. The largest absolute Gasteiger partial charge is 0.310 e. The second-order valence-electron chi connectivity index (χ2n) is 14.5. The molecule has 0 aliphatic heterocycles. The van der Waals surface area contributed by atoms with Crippen LogP contribution in [0.15, 0.2) is 212 Å². The number of hydrogen-bond acceptors (Lipinski definition) is 2. The van der Waals surface area contributed by atoms with Crippen molar-refractivity contribution < 1.29 is 0 Å². The zero-order valence-corrected chi connectivity index (χ0v) is 31.4. The number of benzene rings is 10. The van der Waals surface area contributed by atoms with E-state index in [4.69, 9.17) is 0 Å². The number of thiophene rings is 1. The Labute approximate surface area is 330 Å². The van der Waals surface area contributed by atoms with Crippen molar-refractivity contribution >= 4 is 80.9 Å². The molecule has 0 N–H and O–H groups in total. The third-order valence-electron chi connectivity index (χ3n) is 11.2. The third kappa shape index (κ3) is 5.54. The van der Waals surface area contributed by atoms with Gasteiger partial charge in [0.25, 0.3) is 0 Å². The Morgan fingerprint density at radius 2 is 0.893 bits per heavy atom. The molecule has 11 aromatic rings. The van der Waals surface area contributed by atoms with E-state index in [-0.39, 0.29) is 0 Å². The van der Waals surface area contributed by atoms with Crippen molar-refractivity contribution in [2.24, 2.45) is 0 Å². The summed E-state index contributed by atoms with van der Waals surface area (Å²) in [5, 5.41) is 10.2. The van der Waals surface area contributed by atoms with Crippen LogP contribution in [0.3, 0.4) is 0 Å². The summed E-state index contributed by atoms with van der Waals surface area (Å²) in [6.07, 6.45) is 0. The molecular weight excluding hydrogens is 695 g/mol. The number of fused-ring (bicyclic) bond motifs is 7. The van der Waals surface area contributed by atoms with Crippen LogP contribution in [-0.2, 0) is 0 Å². The van der Waals surface area contributed by atoms with Gasteiger partial charge in [0.1, 0.15) is 0 Å². The lowest BCUT2D eigenvalue weighted by Gasteiger charge is -2.26. The second kappa shape index (κ2) is 13.4. The zero-order chi connectivity index (χ0) is 37.0. The van der Waals surface area contributed by atoms with Gasteiger partial charge in [-0.05, 0) is 120 Å². The Bertz CT molecular complexity index is 3250. The maximum Gasteiger partial charge on any atom is 0.0467 e. The molecule has 0 bridgehead atoms. The van der Waals surface area contributed by atoms with Crippen LogP contribution in [0.2, 0.25) is 0 Å². The van der Waals surface area contributed by atoms with E-state index >= 15 is 0 Å². The van der Waals surface area contributed by atoms with E-state index in [1.165, 1.54) is 85.9 Å². The molecule has 0 spiro atoms. The van der Waals surface area contributed by atoms with Gasteiger partial charge in [-0.1, -0.05) is 158 Å². The smallest absolute Gasteiger partial charge is 0.0467 e. The summed E-state index contributed by atoms with van der Waals surface area (Å²) in [5.74, 6) is 0. The minimum atomic E-state index is 1.11. The van der Waals surface area contributed by atoms with Gasteiger partial charge in [0, 0.05) is 37.2 Å². The fraction of sp³-hybridized carbons (Fsp3) is 0. The first-order valence-electron chi connectivity index (χ1n) is 19.2. The van der Waals surface area contributed by atoms with Gasteiger partial charge in [-0.2, -0.15) is 0 Å². The van der Waals surface area contributed by atoms with Crippen LogP contribution in [0.25, 0.3) is 85.9 Å². The zero-order valence-electron chi connectivity index (χ0n) is 30.6. The number of rotatable bonds is 6. The van der Waals surface area contributed by atoms with Crippen molar-refractivity contribution in [3.05, 3.63) is 212 Å². The van der Waals surface area contributed by atoms with Crippen molar-refractivity contribution in [3.8, 4) is 33.4 Å². The SMILES string of the molecule is c1cc(-c2cc3ccccc3c3ccccc23)cc(N(c2ccc(-c3ccc4ccccc4c3)cc2)c2ccc(-c3cccc4c3sc3ccccc34)cc2)c1. The predicted molar refractivity (Wildman–Crippen MR) is 243 cm³/mol. The molecule has 1 nitrogen and oxygen atoms in total. The van der Waals surface area contributed by atoms with Crippen molar-refractivity contribution in [2.75, 3.05) is 4.90 Å². The lowest BCUT2D eigenvalue weighted by atomic mass is 9.93. The summed E-state index contributed by atoms with van der Waals surface area (Å²) >= 11 is 1.88. The Balaban J connectivity index is 1.04. The van der Waals surface area contributed by atoms with E-state index in [1.54, 1.807) is 0 Å². The lowest BCUT2D eigenvalue weighted by molar-refractivity contribution is 1.28. The van der Waals surface area contributed by atoms with Gasteiger partial charge in [0.05, 0.1) is 0 Å². The molecule has 0 aliphatic rings. The van der Waals surface area contributed by atoms with Crippen LogP contribution in [0.4, 0.5) is 17.1 Å². The van der Waals surface area contributed by atoms with Gasteiger partial charge < -0.3 is 4.90 Å². The molecule has 0 radical (unpaired) electrons. The molecule has 0 amide bonds. The molecule has 56 heavy (non-hydrogen) atoms. The van der Waals surface area contributed by atoms with Gasteiger partial charge in [-0.3, -0.25) is 0 Å². The first-order chi connectivity index (χ1) is 27.7. The minimum absolute atomic E-state index is 1.11. The van der Waals surface area contributed by atoms with E-state index in [1.807, 2.05) is 11.3 Å². The van der Waals surface area contributed by atoms with E-state index in [9.17, 15) is 0 Å². The molecule has 2 heteroatoms. The highest BCUT2D eigenvalue weighted by atomic mass is 32.1. The van der Waals surface area contributed by atoms with Gasteiger partial charge in [0.15, 0.2) is 0 Å². The Morgan fingerprint density at radius 3 is 1.70 bits per heavy atom. The second-order valence-corrected chi connectivity index (χ2v) is 15.6. The molecule has 0 unspecified atom stereocenters. The summed E-state index contributed by atoms with van der Waals surface area (Å²) in [6, 6.07) is 77.7. The molecule has 262 valence electrons. The van der Waals surface area contributed by atoms with Gasteiger partial charge in [-0.15, -0.1) is 11.3 Å². The van der Waals surface area contributed by atoms with E-state index in [0.717, 1.165) is 17.1 Å². The van der Waals surface area contributed by atoms with Gasteiger partial charge in [-0.25, -0.2) is 0 Å². The van der Waals surface area contributed by atoms with Crippen LogP contribution in [-0.4, -0.2) is 0 Å². The topological polar surface area (TPSA) is 3.24 Å². The van der Waals surface area contributed by atoms with E-state index < -0.39 is 0 Å². The van der Waals surface area contributed by atoms with Crippen LogP contribution >= 0.6 is 11.3 Å². The summed E-state index contributed by atoms with van der Waals surface area (Å²) in [7, 11) is 0. The normalized spacial score (nSPS) is 11.6. The van der Waals surface area contributed by atoms with E-state index in [0.29, 0.717) is 0 Å². The maximum absolute atomic E-state index is 2.39. The lowest BCUT2D eigenvalue weighted by Crippen LogP contribution is -2.10. The van der Waals surface area contributed by atoms with Crippen LogP contribution in [0.5, 0.6) is 0 Å². The summed E-state index contributed by atoms with van der Waals surface area (Å²) in [4.78, 5) is 2.39. The number of hydrogen-bond donors (Lipinski definition) is 0. The molecule has 0 aliphatic carbocycles. The first kappa shape index (κ1) is 32.4. The molecule has 10 aromatic carbocycles. The highest BCUT2D eigenvalue weighted by Gasteiger charge is 2.17. The van der Waals surface area contributed by atoms with Crippen molar-refractivity contribution in [1.29, 1.82) is 0 Å². The molecule has 0 fully saturated rings. The number of anilines is 3. The van der Waals surface area contributed by atoms with Gasteiger partial charge in [0.2, 0.25) is 0 Å². The molecule has 0 saturated carbocycles. The predicted octanol–water partition coefficient (Wildman–Crippen LogP) is 16.0. The fourth-order valence-electron chi connectivity index (χ4n) is 8.49. The van der Waals surface area contributed by atoms with E-state index in [2.05, 4.69) is 217 Å². The third-order valence-corrected chi connectivity index (χ3v) is 12.5. The maximum atomic E-state index is 2.39. The monoisotopic (exact) mass is 729 g/mol. The average Bonchev–Trinajstić information content (AvgIpc) is 3.66. The Kier molecular flexibility index (Phi) is 7.75. The Morgan fingerprint density at radius 1 is 0.286 bits per heavy atom. The highest BCUT2D eigenvalue weighted by Crippen LogP contribution is 2.43. The average molecular weight is 730 g/mol. The minimum Gasteiger partial charge on any atom is -0.310 e. The van der Waals surface area contributed by atoms with Crippen LogP contribution in [0, 0.1) is 0 Å². The molecule has 0 atom stereocenters. The number of nitrogens with zero attached hydrogens (tertiary/aromatic N) is 1. The van der Waals surface area contributed by atoms with Crippen LogP contribution < -0.4 is 4.90 Å². The molecule has 0 saturated heterocycles.